The molecule has 1 aromatic heterocycles. The van der Waals surface area contributed by atoms with Crippen LogP contribution in [0.2, 0.25) is 0 Å². The molecular formula is C70H53BN2. The molecule has 0 spiro atoms. The third-order valence-electron chi connectivity index (χ3n) is 16.5. The third-order valence-corrected chi connectivity index (χ3v) is 16.5. The topological polar surface area (TPSA) is 8.17 Å². The minimum absolute atomic E-state index is 0.0915. The number of rotatable bonds is 3. The molecule has 346 valence electrons. The molecule has 0 radical (unpaired) electrons. The molecule has 15 rings (SSSR count). The second kappa shape index (κ2) is 15.1. The van der Waals surface area contributed by atoms with Gasteiger partial charge in [-0.2, -0.15) is 0 Å². The van der Waals surface area contributed by atoms with Crippen molar-refractivity contribution < 1.29 is 0 Å². The van der Waals surface area contributed by atoms with E-state index in [2.05, 4.69) is 263 Å². The molecule has 0 aliphatic carbocycles. The first-order chi connectivity index (χ1) is 35.5. The lowest BCUT2D eigenvalue weighted by Gasteiger charge is -2.42. The van der Waals surface area contributed by atoms with E-state index in [1.165, 1.54) is 148 Å². The van der Waals surface area contributed by atoms with Crippen LogP contribution < -0.4 is 15.8 Å². The molecule has 2 nitrogen and oxygen atoms in total. The quantitative estimate of drug-likeness (QED) is 0.127. The first-order valence-corrected chi connectivity index (χ1v) is 26.0. The number of nitrogens with zero attached hydrogens (tertiary/aromatic N) is 2. The van der Waals surface area contributed by atoms with Gasteiger partial charge >= 0.3 is 6.85 Å². The van der Waals surface area contributed by atoms with Gasteiger partial charge in [-0.1, -0.05) is 217 Å². The van der Waals surface area contributed by atoms with E-state index in [4.69, 9.17) is 0 Å². The third kappa shape index (κ3) is 6.00. The van der Waals surface area contributed by atoms with Crippen molar-refractivity contribution in [2.45, 2.75) is 52.4 Å². The van der Waals surface area contributed by atoms with E-state index in [0.29, 0.717) is 0 Å². The maximum absolute atomic E-state index is 2.77. The van der Waals surface area contributed by atoms with Gasteiger partial charge in [0.15, 0.2) is 0 Å². The van der Waals surface area contributed by atoms with E-state index in [1.807, 2.05) is 0 Å². The molecule has 73 heavy (non-hydrogen) atoms. The number of aromatic nitrogens is 1. The Kier molecular flexibility index (Phi) is 8.73. The van der Waals surface area contributed by atoms with Crippen molar-refractivity contribution in [1.82, 2.24) is 4.48 Å². The summed E-state index contributed by atoms with van der Waals surface area (Å²) in [7, 11) is 0. The molecule has 2 aliphatic rings. The van der Waals surface area contributed by atoms with Crippen LogP contribution in [-0.4, -0.2) is 11.3 Å². The van der Waals surface area contributed by atoms with Crippen LogP contribution in [0.15, 0.2) is 212 Å². The predicted octanol–water partition coefficient (Wildman–Crippen LogP) is 17.9. The second-order valence-electron chi connectivity index (χ2n) is 22.8. The largest absolute Gasteiger partial charge is 0.375 e. The molecule has 12 aromatic carbocycles. The van der Waals surface area contributed by atoms with Crippen molar-refractivity contribution >= 4 is 111 Å². The van der Waals surface area contributed by atoms with Crippen molar-refractivity contribution in [3.05, 3.63) is 223 Å². The highest BCUT2D eigenvalue weighted by Gasteiger charge is 2.45. The predicted molar refractivity (Wildman–Crippen MR) is 316 cm³/mol. The molecule has 2 aliphatic heterocycles. The molecule has 13 aromatic rings. The Morgan fingerprint density at radius 1 is 0.370 bits per heavy atom. The van der Waals surface area contributed by atoms with E-state index < -0.39 is 0 Å². The molecule has 0 bridgehead atoms. The lowest BCUT2D eigenvalue weighted by atomic mass is 9.44. The minimum atomic E-state index is -0.164. The maximum atomic E-state index is 2.77. The van der Waals surface area contributed by atoms with E-state index >= 15 is 0 Å². The Labute approximate surface area is 426 Å². The smallest absolute Gasteiger partial charge is 0.333 e. The molecule has 0 atom stereocenters. The summed E-state index contributed by atoms with van der Waals surface area (Å²) in [5, 5.41) is 15.3. The normalized spacial score (nSPS) is 13.3. The van der Waals surface area contributed by atoms with Crippen LogP contribution in [0.4, 0.5) is 17.1 Å². The molecular weight excluding hydrogens is 880 g/mol. The fourth-order valence-electron chi connectivity index (χ4n) is 13.2. The fraction of sp³-hybridized carbons (Fsp3) is 0.114. The number of anilines is 3. The monoisotopic (exact) mass is 932 g/mol. The molecule has 0 amide bonds. The Hall–Kier alpha value is -8.40. The molecule has 3 heteroatoms. The van der Waals surface area contributed by atoms with Gasteiger partial charge in [0, 0.05) is 44.4 Å². The highest BCUT2D eigenvalue weighted by atomic mass is 15.2. The first-order valence-electron chi connectivity index (χ1n) is 26.0. The number of benzene rings is 12. The summed E-state index contributed by atoms with van der Waals surface area (Å²) >= 11 is 0. The van der Waals surface area contributed by atoms with Crippen LogP contribution in [-0.2, 0) is 10.8 Å². The zero-order valence-corrected chi connectivity index (χ0v) is 42.2. The van der Waals surface area contributed by atoms with Crippen LogP contribution in [0.1, 0.15) is 52.7 Å². The molecule has 0 unspecified atom stereocenters. The number of hydrogen-bond donors (Lipinski definition) is 0. The molecule has 0 saturated heterocycles. The standard InChI is InChI=1S/C70H53BN2/c1-69(2,3)47-37-48(70(4,5)6)39-49(38-47)72-60-41-56-55(62(43-22-9-7-10-23-43)53-31-19-20-32-54(53)63(56)44-24-11-8-12-25-44)40-58(60)71-67-61(72)36-46-27-15-17-29-51(46)64(67)57-35-45-26-14-18-30-52(45)66-65-50-28-16-13-21-42(50)33-34-59(65)73(71)68(57)66/h7-41H,1-6H3. The van der Waals surface area contributed by atoms with Gasteiger partial charge in [0.2, 0.25) is 0 Å². The van der Waals surface area contributed by atoms with Crippen molar-refractivity contribution in [3.8, 4) is 33.4 Å². The highest BCUT2D eigenvalue weighted by Crippen LogP contribution is 2.53. The Balaban J connectivity index is 1.21. The van der Waals surface area contributed by atoms with Crippen molar-refractivity contribution in [2.75, 3.05) is 4.90 Å². The molecule has 0 saturated carbocycles. The van der Waals surface area contributed by atoms with E-state index in [1.54, 1.807) is 0 Å². The van der Waals surface area contributed by atoms with Crippen molar-refractivity contribution in [3.63, 3.8) is 0 Å². The van der Waals surface area contributed by atoms with Gasteiger partial charge in [-0.3, -0.25) is 0 Å². The van der Waals surface area contributed by atoms with Crippen LogP contribution in [0.3, 0.4) is 0 Å². The molecule has 0 fully saturated rings. The van der Waals surface area contributed by atoms with Crippen molar-refractivity contribution in [1.29, 1.82) is 0 Å². The minimum Gasteiger partial charge on any atom is -0.375 e. The maximum Gasteiger partial charge on any atom is 0.333 e. The van der Waals surface area contributed by atoms with Crippen LogP contribution in [0.25, 0.3) is 109 Å². The summed E-state index contributed by atoms with van der Waals surface area (Å²) in [6.07, 6.45) is 0. The summed E-state index contributed by atoms with van der Waals surface area (Å²) < 4.78 is 2.77. The van der Waals surface area contributed by atoms with Gasteiger partial charge < -0.3 is 9.38 Å². The highest BCUT2D eigenvalue weighted by molar-refractivity contribution is 6.90. The van der Waals surface area contributed by atoms with Gasteiger partial charge in [-0.25, -0.2) is 0 Å². The second-order valence-corrected chi connectivity index (χ2v) is 22.8. The Morgan fingerprint density at radius 2 is 0.877 bits per heavy atom. The van der Waals surface area contributed by atoms with E-state index in [-0.39, 0.29) is 17.7 Å². The average molecular weight is 933 g/mol. The average Bonchev–Trinajstić information content (AvgIpc) is 3.77. The molecule has 0 N–H and O–H groups in total. The Morgan fingerprint density at radius 3 is 1.48 bits per heavy atom. The summed E-state index contributed by atoms with van der Waals surface area (Å²) in [5.74, 6) is 0. The number of hydrogen-bond acceptors (Lipinski definition) is 1. The first kappa shape index (κ1) is 42.3. The lowest BCUT2D eigenvalue weighted by molar-refractivity contribution is 0.569. The zero-order chi connectivity index (χ0) is 49.1. The summed E-state index contributed by atoms with van der Waals surface area (Å²) in [4.78, 5) is 2.68. The molecule has 3 heterocycles. The number of fused-ring (bicyclic) bond motifs is 15. The van der Waals surface area contributed by atoms with Gasteiger partial charge in [0.1, 0.15) is 0 Å². The lowest BCUT2D eigenvalue weighted by Crippen LogP contribution is -2.56. The van der Waals surface area contributed by atoms with Crippen LogP contribution >= 0.6 is 0 Å². The zero-order valence-electron chi connectivity index (χ0n) is 42.2. The summed E-state index contributed by atoms with van der Waals surface area (Å²) in [6.45, 7) is 14.0. The Bertz CT molecular complexity index is 4480. The van der Waals surface area contributed by atoms with Gasteiger partial charge in [0.25, 0.3) is 0 Å². The van der Waals surface area contributed by atoms with Crippen LogP contribution in [0, 0.1) is 0 Å². The van der Waals surface area contributed by atoms with Gasteiger partial charge in [-0.05, 0) is 151 Å². The van der Waals surface area contributed by atoms with Crippen LogP contribution in [0.5, 0.6) is 0 Å². The van der Waals surface area contributed by atoms with Crippen molar-refractivity contribution in [2.24, 2.45) is 0 Å². The summed E-state index contributed by atoms with van der Waals surface area (Å²) in [6, 6.07) is 81.2. The van der Waals surface area contributed by atoms with E-state index in [0.717, 1.165) is 0 Å². The van der Waals surface area contributed by atoms with E-state index in [9.17, 15) is 0 Å². The summed E-state index contributed by atoms with van der Waals surface area (Å²) in [5.41, 5.74) is 18.9. The SMILES string of the molecule is CC(C)(C)c1cc(N2c3cc4c(-c5ccccc5)c5ccccc5c(-c5ccccc5)c4cc3B3c4c2cc2ccccc2c4-c2cc4ccccc4c4c5c6ccccc6ccc5n3c24)cc(C(C)(C)C)c1. The fourth-order valence-corrected chi connectivity index (χ4v) is 13.2. The van der Waals surface area contributed by atoms with Gasteiger partial charge in [-0.15, -0.1) is 0 Å². The van der Waals surface area contributed by atoms with Gasteiger partial charge in [0.05, 0.1) is 0 Å².